The molecular formula is C30H26F3NO6. The van der Waals surface area contributed by atoms with Gasteiger partial charge >= 0.3 is 12.3 Å². The molecule has 7 nitrogen and oxygen atoms in total. The van der Waals surface area contributed by atoms with Crippen LogP contribution in [-0.4, -0.2) is 31.3 Å². The number of hydrogen-bond donors (Lipinski definition) is 1. The zero-order valence-corrected chi connectivity index (χ0v) is 21.5. The van der Waals surface area contributed by atoms with Gasteiger partial charge in [-0.1, -0.05) is 42.5 Å². The lowest BCUT2D eigenvalue weighted by Crippen LogP contribution is -2.45. The molecule has 6 rings (SSSR count). The van der Waals surface area contributed by atoms with Crippen LogP contribution in [-0.2, 0) is 19.7 Å². The molecule has 3 aliphatic rings. The summed E-state index contributed by atoms with van der Waals surface area (Å²) in [6, 6.07) is 17.6. The Morgan fingerprint density at radius 3 is 2.35 bits per heavy atom. The van der Waals surface area contributed by atoms with Crippen LogP contribution in [0.2, 0.25) is 0 Å². The Hall–Kier alpha value is -4.05. The number of carbonyl (C=O) groups excluding carboxylic acids is 2. The van der Waals surface area contributed by atoms with Crippen LogP contribution in [0.4, 0.5) is 13.2 Å². The molecule has 208 valence electrons. The summed E-state index contributed by atoms with van der Waals surface area (Å²) in [5.74, 6) is -1.69. The SMILES string of the molecule is COC(=O)c1ccc([C@H]2CC(NC(=O)C3(c4ccc5c(c4)OC(F)(F)O5)CC3)CC(c3ccccc3)O2)c(F)c1. The molecule has 2 fully saturated rings. The van der Waals surface area contributed by atoms with E-state index in [1.165, 1.54) is 31.4 Å². The van der Waals surface area contributed by atoms with Crippen molar-refractivity contribution >= 4 is 11.9 Å². The molecule has 1 amide bonds. The number of amides is 1. The van der Waals surface area contributed by atoms with Crippen LogP contribution < -0.4 is 14.8 Å². The maximum absolute atomic E-state index is 15.2. The molecule has 40 heavy (non-hydrogen) atoms. The normalized spacial score (nSPS) is 23.8. The summed E-state index contributed by atoms with van der Waals surface area (Å²) >= 11 is 0. The molecule has 0 aromatic heterocycles. The summed E-state index contributed by atoms with van der Waals surface area (Å²) < 4.78 is 62.3. The zero-order valence-electron chi connectivity index (χ0n) is 21.5. The molecule has 2 heterocycles. The summed E-state index contributed by atoms with van der Waals surface area (Å²) in [6.07, 6.45) is -3.01. The number of hydrogen-bond acceptors (Lipinski definition) is 6. The number of rotatable bonds is 6. The second kappa shape index (κ2) is 9.85. The van der Waals surface area contributed by atoms with Crippen LogP contribution in [0.3, 0.4) is 0 Å². The van der Waals surface area contributed by atoms with E-state index in [0.29, 0.717) is 31.2 Å². The number of methoxy groups -OCH3 is 1. The number of carbonyl (C=O) groups is 2. The molecule has 2 unspecified atom stereocenters. The Morgan fingerprint density at radius 1 is 0.925 bits per heavy atom. The average molecular weight is 554 g/mol. The van der Waals surface area contributed by atoms with E-state index >= 15 is 4.39 Å². The van der Waals surface area contributed by atoms with Crippen LogP contribution in [0, 0.1) is 5.82 Å². The quantitative estimate of drug-likeness (QED) is 0.392. The lowest BCUT2D eigenvalue weighted by atomic mass is 9.89. The summed E-state index contributed by atoms with van der Waals surface area (Å²) in [6.45, 7) is 0. The van der Waals surface area contributed by atoms with Crippen LogP contribution >= 0.6 is 0 Å². The van der Waals surface area contributed by atoms with Crippen molar-refractivity contribution in [1.82, 2.24) is 5.32 Å². The minimum absolute atomic E-state index is 0.0804. The number of ether oxygens (including phenoxy) is 4. The Bertz CT molecular complexity index is 1460. The van der Waals surface area contributed by atoms with Gasteiger partial charge in [-0.15, -0.1) is 8.78 Å². The van der Waals surface area contributed by atoms with Crippen molar-refractivity contribution in [3.63, 3.8) is 0 Å². The molecule has 10 heteroatoms. The smallest absolute Gasteiger partial charge is 0.465 e. The molecule has 0 bridgehead atoms. The van der Waals surface area contributed by atoms with Crippen molar-refractivity contribution in [3.05, 3.63) is 94.8 Å². The van der Waals surface area contributed by atoms with E-state index in [9.17, 15) is 18.4 Å². The van der Waals surface area contributed by atoms with Crippen molar-refractivity contribution < 1.29 is 41.7 Å². The predicted octanol–water partition coefficient (Wildman–Crippen LogP) is 5.74. The van der Waals surface area contributed by atoms with Gasteiger partial charge in [0, 0.05) is 11.6 Å². The van der Waals surface area contributed by atoms with Crippen molar-refractivity contribution in [3.8, 4) is 11.5 Å². The summed E-state index contributed by atoms with van der Waals surface area (Å²) in [4.78, 5) is 25.5. The number of benzene rings is 3. The van der Waals surface area contributed by atoms with Gasteiger partial charge in [-0.05, 0) is 61.1 Å². The van der Waals surface area contributed by atoms with Gasteiger partial charge in [0.2, 0.25) is 5.91 Å². The molecule has 0 radical (unpaired) electrons. The van der Waals surface area contributed by atoms with E-state index in [0.717, 1.165) is 11.6 Å². The van der Waals surface area contributed by atoms with Gasteiger partial charge in [-0.25, -0.2) is 9.18 Å². The molecule has 3 aromatic carbocycles. The fraction of sp³-hybridized carbons (Fsp3) is 0.333. The van der Waals surface area contributed by atoms with Crippen molar-refractivity contribution in [1.29, 1.82) is 0 Å². The molecule has 1 N–H and O–H groups in total. The van der Waals surface area contributed by atoms with E-state index in [-0.39, 0.29) is 34.6 Å². The van der Waals surface area contributed by atoms with Gasteiger partial charge in [0.25, 0.3) is 0 Å². The highest BCUT2D eigenvalue weighted by atomic mass is 19.3. The topological polar surface area (TPSA) is 83.1 Å². The monoisotopic (exact) mass is 553 g/mol. The third-order valence-electron chi connectivity index (χ3n) is 7.74. The predicted molar refractivity (Wildman–Crippen MR) is 135 cm³/mol. The van der Waals surface area contributed by atoms with E-state index in [1.807, 2.05) is 30.3 Å². The van der Waals surface area contributed by atoms with Crippen molar-refractivity contribution in [2.45, 2.75) is 55.6 Å². The first-order chi connectivity index (χ1) is 19.2. The summed E-state index contributed by atoms with van der Waals surface area (Å²) in [7, 11) is 1.22. The van der Waals surface area contributed by atoms with Crippen LogP contribution in [0.1, 0.15) is 64.9 Å². The van der Waals surface area contributed by atoms with Gasteiger partial charge in [-0.3, -0.25) is 4.79 Å². The fourth-order valence-corrected chi connectivity index (χ4v) is 5.50. The largest absolute Gasteiger partial charge is 0.586 e. The Labute approximate surface area is 228 Å². The highest BCUT2D eigenvalue weighted by Gasteiger charge is 2.53. The first-order valence-electron chi connectivity index (χ1n) is 13.0. The number of nitrogens with one attached hydrogen (secondary N) is 1. The van der Waals surface area contributed by atoms with E-state index in [2.05, 4.69) is 19.5 Å². The molecule has 1 saturated heterocycles. The van der Waals surface area contributed by atoms with Gasteiger partial charge in [-0.2, -0.15) is 0 Å². The number of fused-ring (bicyclic) bond motifs is 1. The fourth-order valence-electron chi connectivity index (χ4n) is 5.50. The Kier molecular flexibility index (Phi) is 6.45. The van der Waals surface area contributed by atoms with Crippen molar-refractivity contribution in [2.75, 3.05) is 7.11 Å². The molecule has 1 saturated carbocycles. The lowest BCUT2D eigenvalue weighted by Gasteiger charge is -2.37. The number of alkyl halides is 2. The van der Waals surface area contributed by atoms with E-state index in [1.54, 1.807) is 6.07 Å². The molecule has 3 atom stereocenters. The van der Waals surface area contributed by atoms with Crippen LogP contribution in [0.25, 0.3) is 0 Å². The Morgan fingerprint density at radius 2 is 1.65 bits per heavy atom. The van der Waals surface area contributed by atoms with Gasteiger partial charge < -0.3 is 24.3 Å². The standard InChI is InChI=1S/C30H26F3NO6/c1-37-27(35)18-7-9-21(22(31)13-18)25-16-20(15-24(38-25)17-5-3-2-4-6-17)34-28(36)29(11-12-29)19-8-10-23-26(14-19)40-30(32,33)39-23/h2-10,13-14,20,24-25H,11-12,15-16H2,1H3,(H,34,36)/t20?,24?,25-/m1/s1. The third-order valence-corrected chi connectivity index (χ3v) is 7.74. The number of esters is 1. The molecule has 3 aromatic rings. The average Bonchev–Trinajstić information content (AvgIpc) is 3.70. The summed E-state index contributed by atoms with van der Waals surface area (Å²) in [5.41, 5.74) is 0.930. The van der Waals surface area contributed by atoms with Crippen LogP contribution in [0.5, 0.6) is 11.5 Å². The molecular weight excluding hydrogens is 527 g/mol. The number of halogens is 3. The van der Waals surface area contributed by atoms with Gasteiger partial charge in [0.05, 0.1) is 30.3 Å². The highest BCUT2D eigenvalue weighted by Crippen LogP contribution is 2.52. The minimum Gasteiger partial charge on any atom is -0.465 e. The maximum Gasteiger partial charge on any atom is 0.586 e. The Balaban J connectivity index is 1.24. The minimum atomic E-state index is -3.74. The third kappa shape index (κ3) is 4.88. The van der Waals surface area contributed by atoms with E-state index < -0.39 is 35.7 Å². The first kappa shape index (κ1) is 26.2. The lowest BCUT2D eigenvalue weighted by molar-refractivity contribution is -0.286. The summed E-state index contributed by atoms with van der Waals surface area (Å²) in [5, 5.41) is 3.13. The van der Waals surface area contributed by atoms with Crippen molar-refractivity contribution in [2.24, 2.45) is 0 Å². The van der Waals surface area contributed by atoms with Gasteiger partial charge in [0.15, 0.2) is 11.5 Å². The molecule has 0 spiro atoms. The second-order valence-electron chi connectivity index (χ2n) is 10.3. The van der Waals surface area contributed by atoms with Gasteiger partial charge in [0.1, 0.15) is 5.82 Å². The highest BCUT2D eigenvalue weighted by molar-refractivity contribution is 5.92. The second-order valence-corrected chi connectivity index (χ2v) is 10.3. The zero-order chi connectivity index (χ0) is 28.1. The molecule has 2 aliphatic heterocycles. The van der Waals surface area contributed by atoms with Crippen LogP contribution in [0.15, 0.2) is 66.7 Å². The maximum atomic E-state index is 15.2. The molecule has 1 aliphatic carbocycles. The first-order valence-corrected chi connectivity index (χ1v) is 13.0. The van der Waals surface area contributed by atoms with E-state index in [4.69, 9.17) is 4.74 Å².